The molecule has 1 atom stereocenters. The molecule has 0 bridgehead atoms. The zero-order chi connectivity index (χ0) is 19.1. The standard InChI is InChI=1S/C20H14ClFN4O2/c21-14-5-1-12(2-6-14)18-10-26-16(11-27-18)9-17(24-26)20-23-19(25-28-20)13-3-7-15(22)8-4-13/h1-9,18H,10-11H2/t18-/m0/s1. The van der Waals surface area contributed by atoms with E-state index < -0.39 is 0 Å². The molecule has 6 nitrogen and oxygen atoms in total. The highest BCUT2D eigenvalue weighted by Crippen LogP contribution is 2.30. The van der Waals surface area contributed by atoms with Crippen LogP contribution in [0.3, 0.4) is 0 Å². The highest BCUT2D eigenvalue weighted by Gasteiger charge is 2.24. The fraction of sp³-hybridized carbons (Fsp3) is 0.150. The maximum Gasteiger partial charge on any atom is 0.278 e. The van der Waals surface area contributed by atoms with E-state index in [0.29, 0.717) is 41.1 Å². The third-order valence-corrected chi connectivity index (χ3v) is 4.88. The van der Waals surface area contributed by atoms with Crippen molar-refractivity contribution in [2.45, 2.75) is 19.3 Å². The van der Waals surface area contributed by atoms with Crippen LogP contribution in [0, 0.1) is 5.82 Å². The second kappa shape index (κ2) is 6.85. The highest BCUT2D eigenvalue weighted by molar-refractivity contribution is 6.30. The van der Waals surface area contributed by atoms with Crippen molar-refractivity contribution >= 4 is 11.6 Å². The normalized spacial score (nSPS) is 16.1. The molecule has 8 heteroatoms. The average molecular weight is 397 g/mol. The van der Waals surface area contributed by atoms with E-state index in [1.165, 1.54) is 12.1 Å². The van der Waals surface area contributed by atoms with Gasteiger partial charge in [-0.05, 0) is 48.0 Å². The number of hydrogen-bond acceptors (Lipinski definition) is 5. The molecule has 4 aromatic rings. The molecule has 0 saturated carbocycles. The van der Waals surface area contributed by atoms with Crippen LogP contribution in [0.4, 0.5) is 4.39 Å². The van der Waals surface area contributed by atoms with Crippen LogP contribution < -0.4 is 0 Å². The first-order chi connectivity index (χ1) is 13.7. The number of rotatable bonds is 3. The Labute approximate surface area is 164 Å². The van der Waals surface area contributed by atoms with Gasteiger partial charge in [0.1, 0.15) is 11.9 Å². The number of fused-ring (bicyclic) bond motifs is 1. The first-order valence-electron chi connectivity index (χ1n) is 8.69. The van der Waals surface area contributed by atoms with Crippen molar-refractivity contribution in [2.24, 2.45) is 0 Å². The summed E-state index contributed by atoms with van der Waals surface area (Å²) in [5, 5.41) is 9.25. The Morgan fingerprint density at radius 3 is 2.64 bits per heavy atom. The van der Waals surface area contributed by atoms with Crippen LogP contribution in [-0.2, 0) is 17.9 Å². The van der Waals surface area contributed by atoms with Gasteiger partial charge in [0.15, 0.2) is 5.69 Å². The molecule has 0 fully saturated rings. The highest BCUT2D eigenvalue weighted by atomic mass is 35.5. The molecule has 0 aliphatic carbocycles. The van der Waals surface area contributed by atoms with Crippen molar-refractivity contribution < 1.29 is 13.7 Å². The lowest BCUT2D eigenvalue weighted by Crippen LogP contribution is -2.21. The van der Waals surface area contributed by atoms with Gasteiger partial charge in [0.25, 0.3) is 5.89 Å². The molecule has 1 aliphatic heterocycles. The molecule has 2 aromatic heterocycles. The van der Waals surface area contributed by atoms with E-state index >= 15 is 0 Å². The SMILES string of the molecule is Fc1ccc(-c2noc(-c3cc4n(n3)C[C@@H](c3ccc(Cl)cc3)OC4)n2)cc1. The van der Waals surface area contributed by atoms with E-state index in [-0.39, 0.29) is 11.9 Å². The van der Waals surface area contributed by atoms with Crippen molar-refractivity contribution in [3.8, 4) is 23.0 Å². The van der Waals surface area contributed by atoms with Gasteiger partial charge in [-0.2, -0.15) is 10.1 Å². The van der Waals surface area contributed by atoms with Crippen molar-refractivity contribution in [1.82, 2.24) is 19.9 Å². The molecular weight excluding hydrogens is 383 g/mol. The summed E-state index contributed by atoms with van der Waals surface area (Å²) in [5.74, 6) is 0.380. The van der Waals surface area contributed by atoms with Crippen molar-refractivity contribution in [3.05, 3.63) is 76.7 Å². The summed E-state index contributed by atoms with van der Waals surface area (Å²) in [6.07, 6.45) is -0.102. The Balaban J connectivity index is 1.39. The van der Waals surface area contributed by atoms with E-state index in [1.807, 2.05) is 35.0 Å². The van der Waals surface area contributed by atoms with E-state index in [9.17, 15) is 4.39 Å². The number of nitrogens with zero attached hydrogens (tertiary/aromatic N) is 4. The summed E-state index contributed by atoms with van der Waals surface area (Å²) in [7, 11) is 0. The first kappa shape index (κ1) is 17.1. The van der Waals surface area contributed by atoms with Gasteiger partial charge in [0.2, 0.25) is 5.82 Å². The lowest BCUT2D eigenvalue weighted by Gasteiger charge is -2.24. The van der Waals surface area contributed by atoms with Crippen molar-refractivity contribution in [2.75, 3.05) is 0 Å². The van der Waals surface area contributed by atoms with E-state index in [0.717, 1.165) is 11.3 Å². The quantitative estimate of drug-likeness (QED) is 0.503. The van der Waals surface area contributed by atoms with Crippen molar-refractivity contribution in [1.29, 1.82) is 0 Å². The Morgan fingerprint density at radius 2 is 1.86 bits per heavy atom. The van der Waals surface area contributed by atoms with Gasteiger partial charge in [-0.15, -0.1) is 0 Å². The second-order valence-corrected chi connectivity index (χ2v) is 6.92. The summed E-state index contributed by atoms with van der Waals surface area (Å²) >= 11 is 5.96. The largest absolute Gasteiger partial charge is 0.365 e. The number of halogens is 2. The molecule has 0 saturated heterocycles. The molecule has 0 amide bonds. The van der Waals surface area contributed by atoms with Crippen LogP contribution in [0.15, 0.2) is 59.1 Å². The predicted octanol–water partition coefficient (Wildman–Crippen LogP) is 4.66. The Kier molecular flexibility index (Phi) is 4.18. The van der Waals surface area contributed by atoms with Gasteiger partial charge in [-0.25, -0.2) is 4.39 Å². The van der Waals surface area contributed by atoms with Gasteiger partial charge in [-0.3, -0.25) is 4.68 Å². The zero-order valence-corrected chi connectivity index (χ0v) is 15.3. The average Bonchev–Trinajstić information content (AvgIpc) is 3.35. The molecule has 0 spiro atoms. The van der Waals surface area contributed by atoms with Gasteiger partial charge in [0.05, 0.1) is 18.8 Å². The summed E-state index contributed by atoms with van der Waals surface area (Å²) < 4.78 is 26.3. The molecule has 0 radical (unpaired) electrons. The van der Waals surface area contributed by atoms with Crippen LogP contribution in [0.1, 0.15) is 17.4 Å². The number of benzene rings is 2. The van der Waals surface area contributed by atoms with Crippen molar-refractivity contribution in [3.63, 3.8) is 0 Å². The third-order valence-electron chi connectivity index (χ3n) is 4.62. The molecule has 2 aromatic carbocycles. The molecule has 0 N–H and O–H groups in total. The van der Waals surface area contributed by atoms with Crippen LogP contribution in [-0.4, -0.2) is 19.9 Å². The molecule has 28 heavy (non-hydrogen) atoms. The van der Waals surface area contributed by atoms with Crippen LogP contribution in [0.25, 0.3) is 23.0 Å². The minimum absolute atomic E-state index is 0.102. The maximum absolute atomic E-state index is 13.1. The monoisotopic (exact) mass is 396 g/mol. The Bertz CT molecular complexity index is 1120. The number of hydrogen-bond donors (Lipinski definition) is 0. The summed E-state index contributed by atoms with van der Waals surface area (Å²) in [5.41, 5.74) is 3.23. The summed E-state index contributed by atoms with van der Waals surface area (Å²) in [6, 6.07) is 15.4. The lowest BCUT2D eigenvalue weighted by atomic mass is 10.1. The fourth-order valence-corrected chi connectivity index (χ4v) is 3.28. The molecule has 5 rings (SSSR count). The molecule has 140 valence electrons. The minimum Gasteiger partial charge on any atom is -0.365 e. The van der Waals surface area contributed by atoms with Crippen LogP contribution >= 0.6 is 11.6 Å². The number of ether oxygens (including phenoxy) is 1. The van der Waals surface area contributed by atoms with Gasteiger partial charge < -0.3 is 9.26 Å². The van der Waals surface area contributed by atoms with Gasteiger partial charge in [0, 0.05) is 10.6 Å². The molecule has 0 unspecified atom stereocenters. The Morgan fingerprint density at radius 1 is 1.07 bits per heavy atom. The summed E-state index contributed by atoms with van der Waals surface area (Å²) in [6.45, 7) is 1.01. The van der Waals surface area contributed by atoms with Gasteiger partial charge in [-0.1, -0.05) is 28.9 Å². The van der Waals surface area contributed by atoms with Gasteiger partial charge >= 0.3 is 0 Å². The number of aromatic nitrogens is 4. The van der Waals surface area contributed by atoms with E-state index in [1.54, 1.807) is 12.1 Å². The maximum atomic E-state index is 13.1. The van der Waals surface area contributed by atoms with Crippen LogP contribution in [0.5, 0.6) is 0 Å². The molecule has 1 aliphatic rings. The molecule has 3 heterocycles. The minimum atomic E-state index is -0.315. The second-order valence-electron chi connectivity index (χ2n) is 6.48. The predicted molar refractivity (Wildman–Crippen MR) is 99.9 cm³/mol. The van der Waals surface area contributed by atoms with Crippen LogP contribution in [0.2, 0.25) is 5.02 Å². The van der Waals surface area contributed by atoms with E-state index in [2.05, 4.69) is 15.2 Å². The smallest absolute Gasteiger partial charge is 0.278 e. The lowest BCUT2D eigenvalue weighted by molar-refractivity contribution is -0.00112. The first-order valence-corrected chi connectivity index (χ1v) is 9.07. The zero-order valence-electron chi connectivity index (χ0n) is 14.5. The topological polar surface area (TPSA) is 66.0 Å². The third kappa shape index (κ3) is 3.19. The molecular formula is C20H14ClFN4O2. The summed E-state index contributed by atoms with van der Waals surface area (Å²) in [4.78, 5) is 4.38. The van der Waals surface area contributed by atoms with E-state index in [4.69, 9.17) is 20.9 Å². The fourth-order valence-electron chi connectivity index (χ4n) is 3.15. The Hall–Kier alpha value is -3.03.